The third kappa shape index (κ3) is 4.15. The molecular weight excluding hydrogens is 300 g/mol. The quantitative estimate of drug-likeness (QED) is 0.844. The molecule has 15 heavy (non-hydrogen) atoms. The van der Waals surface area contributed by atoms with E-state index in [4.69, 9.17) is 17.3 Å². The molecule has 0 aliphatic rings. The predicted molar refractivity (Wildman–Crippen MR) is 69.2 cm³/mol. The highest BCUT2D eigenvalue weighted by atomic mass is 79.9. The lowest BCUT2D eigenvalue weighted by atomic mass is 10.3. The van der Waals surface area contributed by atoms with Crippen LogP contribution in [0.1, 0.15) is 6.42 Å². The molecule has 0 fully saturated rings. The maximum atomic E-state index is 11.3. The number of rotatable bonds is 3. The van der Waals surface area contributed by atoms with E-state index in [2.05, 4.69) is 33.5 Å². The minimum atomic E-state index is -0.245. The van der Waals surface area contributed by atoms with Crippen molar-refractivity contribution in [2.75, 3.05) is 5.32 Å². The first-order valence-corrected chi connectivity index (χ1v) is 5.60. The summed E-state index contributed by atoms with van der Waals surface area (Å²) in [7, 11) is 0. The van der Waals surface area contributed by atoms with Crippen molar-refractivity contribution in [2.24, 2.45) is 5.73 Å². The molecule has 1 rings (SSSR count). The summed E-state index contributed by atoms with van der Waals surface area (Å²) in [5.74, 6) is -0.245. The molecule has 0 aliphatic heterocycles. The van der Waals surface area contributed by atoms with Gasteiger partial charge in [-0.15, -0.1) is 0 Å². The van der Waals surface area contributed by atoms with E-state index in [1.807, 2.05) is 0 Å². The Hall–Kier alpha value is -0.650. The van der Waals surface area contributed by atoms with E-state index in [1.54, 1.807) is 18.2 Å². The zero-order chi connectivity index (χ0) is 11.4. The largest absolute Gasteiger partial charge is 0.393 e. The first-order valence-electron chi connectivity index (χ1n) is 4.02. The van der Waals surface area contributed by atoms with Crippen LogP contribution in [0.4, 0.5) is 5.69 Å². The van der Waals surface area contributed by atoms with Gasteiger partial charge in [-0.25, -0.2) is 0 Å². The maximum absolute atomic E-state index is 11.3. The number of hydrogen-bond donors (Lipinski definition) is 2. The van der Waals surface area contributed by atoms with Crippen LogP contribution in [0.2, 0.25) is 5.02 Å². The number of nitrogens with one attached hydrogen (secondary N) is 1. The smallest absolute Gasteiger partial charge is 0.231 e. The Morgan fingerprint density at radius 1 is 1.60 bits per heavy atom. The molecule has 0 bridgehead atoms. The SMILES string of the molecule is NC(=S)CC(=O)Nc1ccc(Cl)cc1Br. The number of amides is 1. The third-order valence-electron chi connectivity index (χ3n) is 1.54. The van der Waals surface area contributed by atoms with Gasteiger partial charge in [-0.2, -0.15) is 0 Å². The first-order chi connectivity index (χ1) is 6.99. The Labute approximate surface area is 106 Å². The number of halogens is 2. The summed E-state index contributed by atoms with van der Waals surface area (Å²) < 4.78 is 0.714. The zero-order valence-electron chi connectivity index (χ0n) is 7.59. The molecule has 1 aromatic rings. The fourth-order valence-electron chi connectivity index (χ4n) is 0.943. The molecule has 0 saturated heterocycles. The van der Waals surface area contributed by atoms with Crippen molar-refractivity contribution in [3.8, 4) is 0 Å². The highest BCUT2D eigenvalue weighted by Crippen LogP contribution is 2.25. The minimum absolute atomic E-state index is 0.0321. The zero-order valence-corrected chi connectivity index (χ0v) is 10.7. The topological polar surface area (TPSA) is 55.1 Å². The summed E-state index contributed by atoms with van der Waals surface area (Å²) >= 11 is 13.7. The van der Waals surface area contributed by atoms with Crippen LogP contribution in [0.3, 0.4) is 0 Å². The van der Waals surface area contributed by atoms with Gasteiger partial charge in [-0.1, -0.05) is 23.8 Å². The van der Waals surface area contributed by atoms with Crippen LogP contribution < -0.4 is 11.1 Å². The number of benzene rings is 1. The Balaban J connectivity index is 2.72. The molecule has 0 unspecified atom stereocenters. The molecule has 0 radical (unpaired) electrons. The second-order valence-corrected chi connectivity index (χ2v) is 4.63. The number of carbonyl (C=O) groups excluding carboxylic acids is 1. The van der Waals surface area contributed by atoms with Crippen LogP contribution in [0.15, 0.2) is 22.7 Å². The summed E-state index contributed by atoms with van der Waals surface area (Å²) in [6.45, 7) is 0. The molecule has 0 aliphatic carbocycles. The van der Waals surface area contributed by atoms with Gasteiger partial charge in [0.2, 0.25) is 5.91 Å². The van der Waals surface area contributed by atoms with Gasteiger partial charge in [-0.3, -0.25) is 4.79 Å². The van der Waals surface area contributed by atoms with Gasteiger partial charge >= 0.3 is 0 Å². The second kappa shape index (κ2) is 5.44. The Bertz CT molecular complexity index is 411. The fraction of sp³-hybridized carbons (Fsp3) is 0.111. The van der Waals surface area contributed by atoms with Gasteiger partial charge in [0.25, 0.3) is 0 Å². The molecule has 6 heteroatoms. The number of thiocarbonyl (C=S) groups is 1. The van der Waals surface area contributed by atoms with Crippen molar-refractivity contribution in [2.45, 2.75) is 6.42 Å². The van der Waals surface area contributed by atoms with Crippen LogP contribution in [0, 0.1) is 0 Å². The van der Waals surface area contributed by atoms with Gasteiger partial charge in [0.05, 0.1) is 17.1 Å². The van der Waals surface area contributed by atoms with Crippen molar-refractivity contribution >= 4 is 56.3 Å². The van der Waals surface area contributed by atoms with Crippen molar-refractivity contribution in [3.05, 3.63) is 27.7 Å². The van der Waals surface area contributed by atoms with E-state index in [0.29, 0.717) is 15.2 Å². The minimum Gasteiger partial charge on any atom is -0.393 e. The standard InChI is InChI=1S/C9H8BrClN2OS/c10-6-3-5(11)1-2-7(6)13-9(14)4-8(12)15/h1-3H,4H2,(H2,12,15)(H,13,14). The monoisotopic (exact) mass is 306 g/mol. The molecule has 0 saturated carbocycles. The normalized spacial score (nSPS) is 9.73. The molecule has 0 spiro atoms. The fourth-order valence-corrected chi connectivity index (χ4v) is 1.86. The van der Waals surface area contributed by atoms with Gasteiger partial charge in [0.1, 0.15) is 0 Å². The van der Waals surface area contributed by atoms with Gasteiger partial charge in [0.15, 0.2) is 0 Å². The molecule has 80 valence electrons. The van der Waals surface area contributed by atoms with Crippen LogP contribution in [-0.4, -0.2) is 10.9 Å². The van der Waals surface area contributed by atoms with E-state index >= 15 is 0 Å². The van der Waals surface area contributed by atoms with E-state index in [9.17, 15) is 4.79 Å². The molecule has 3 nitrogen and oxygen atoms in total. The molecule has 1 aromatic carbocycles. The number of anilines is 1. The number of carbonyl (C=O) groups is 1. The summed E-state index contributed by atoms with van der Waals surface area (Å²) in [6, 6.07) is 5.07. The van der Waals surface area contributed by atoms with E-state index in [1.165, 1.54) is 0 Å². The molecule has 1 amide bonds. The van der Waals surface area contributed by atoms with Crippen molar-refractivity contribution in [1.82, 2.24) is 0 Å². The van der Waals surface area contributed by atoms with Gasteiger partial charge in [-0.05, 0) is 34.1 Å². The summed E-state index contributed by atoms with van der Waals surface area (Å²) in [5, 5.41) is 3.25. The van der Waals surface area contributed by atoms with Crippen LogP contribution in [-0.2, 0) is 4.79 Å². The number of nitrogens with two attached hydrogens (primary N) is 1. The van der Waals surface area contributed by atoms with Gasteiger partial charge in [0, 0.05) is 9.50 Å². The molecular formula is C9H8BrClN2OS. The van der Waals surface area contributed by atoms with E-state index < -0.39 is 0 Å². The summed E-state index contributed by atoms with van der Waals surface area (Å²) in [4.78, 5) is 11.5. The Morgan fingerprint density at radius 3 is 2.80 bits per heavy atom. The first kappa shape index (κ1) is 12.4. The highest BCUT2D eigenvalue weighted by molar-refractivity contribution is 9.10. The third-order valence-corrected chi connectivity index (χ3v) is 2.58. The average Bonchev–Trinajstić information content (AvgIpc) is 2.08. The van der Waals surface area contributed by atoms with Crippen LogP contribution in [0.25, 0.3) is 0 Å². The lowest BCUT2D eigenvalue weighted by Gasteiger charge is -2.06. The van der Waals surface area contributed by atoms with Crippen molar-refractivity contribution in [1.29, 1.82) is 0 Å². The molecule has 0 aromatic heterocycles. The second-order valence-electron chi connectivity index (χ2n) is 2.82. The average molecular weight is 308 g/mol. The van der Waals surface area contributed by atoms with Gasteiger partial charge < -0.3 is 11.1 Å². The highest BCUT2D eigenvalue weighted by Gasteiger charge is 2.06. The van der Waals surface area contributed by atoms with Crippen molar-refractivity contribution < 1.29 is 4.79 Å². The lowest BCUT2D eigenvalue weighted by Crippen LogP contribution is -2.20. The summed E-state index contributed by atoms with van der Waals surface area (Å²) in [5.41, 5.74) is 5.89. The van der Waals surface area contributed by atoms with Crippen LogP contribution in [0.5, 0.6) is 0 Å². The van der Waals surface area contributed by atoms with Crippen molar-refractivity contribution in [3.63, 3.8) is 0 Å². The number of hydrogen-bond acceptors (Lipinski definition) is 2. The Morgan fingerprint density at radius 2 is 2.27 bits per heavy atom. The summed E-state index contributed by atoms with van der Waals surface area (Å²) in [6.07, 6.45) is 0.0321. The van der Waals surface area contributed by atoms with E-state index in [0.717, 1.165) is 0 Å². The predicted octanol–water partition coefficient (Wildman–Crippen LogP) is 2.72. The molecule has 0 heterocycles. The Kier molecular flexibility index (Phi) is 4.50. The maximum Gasteiger partial charge on any atom is 0.231 e. The van der Waals surface area contributed by atoms with Crippen LogP contribution >= 0.6 is 39.7 Å². The lowest BCUT2D eigenvalue weighted by molar-refractivity contribution is -0.115. The van der Waals surface area contributed by atoms with E-state index in [-0.39, 0.29) is 17.3 Å². The molecule has 0 atom stereocenters. The molecule has 3 N–H and O–H groups in total.